The highest BCUT2D eigenvalue weighted by Gasteiger charge is 2.06. The molecule has 1 N–H and O–H groups in total. The molecule has 0 fully saturated rings. The van der Waals surface area contributed by atoms with E-state index in [4.69, 9.17) is 14.2 Å². The van der Waals surface area contributed by atoms with Crippen molar-refractivity contribution < 1.29 is 19.0 Å². The number of amides is 1. The Labute approximate surface area is 141 Å². The third-order valence-corrected chi connectivity index (χ3v) is 3.33. The van der Waals surface area contributed by atoms with Gasteiger partial charge in [0.2, 0.25) is 0 Å². The fourth-order valence-corrected chi connectivity index (χ4v) is 2.14. The summed E-state index contributed by atoms with van der Waals surface area (Å²) >= 11 is 0. The van der Waals surface area contributed by atoms with E-state index in [1.807, 2.05) is 60.7 Å². The molecule has 0 heterocycles. The summed E-state index contributed by atoms with van der Waals surface area (Å²) in [6.45, 7) is 0.589. The van der Waals surface area contributed by atoms with Crippen LogP contribution in [-0.4, -0.2) is 26.9 Å². The Hall–Kier alpha value is -2.95. The van der Waals surface area contributed by atoms with Gasteiger partial charge in [0.25, 0.3) is 0 Å². The number of benzene rings is 2. The lowest BCUT2D eigenvalue weighted by Gasteiger charge is -2.09. The molecule has 5 heteroatoms. The SMILES string of the molecule is COc1cccc(OC)c1C=CCNC(=O)OCc1ccccc1. The zero-order valence-corrected chi connectivity index (χ0v) is 13.8. The Morgan fingerprint density at radius 2 is 1.67 bits per heavy atom. The third-order valence-electron chi connectivity index (χ3n) is 3.33. The van der Waals surface area contributed by atoms with Crippen molar-refractivity contribution in [3.8, 4) is 11.5 Å². The molecule has 0 aromatic heterocycles. The molecule has 24 heavy (non-hydrogen) atoms. The van der Waals surface area contributed by atoms with Crippen molar-refractivity contribution in [1.29, 1.82) is 0 Å². The van der Waals surface area contributed by atoms with Gasteiger partial charge in [0, 0.05) is 6.54 Å². The van der Waals surface area contributed by atoms with Gasteiger partial charge in [-0.3, -0.25) is 0 Å². The molecule has 126 valence electrons. The van der Waals surface area contributed by atoms with Crippen LogP contribution in [-0.2, 0) is 11.3 Å². The van der Waals surface area contributed by atoms with Gasteiger partial charge in [0.05, 0.1) is 19.8 Å². The number of nitrogens with one attached hydrogen (secondary N) is 1. The van der Waals surface area contributed by atoms with E-state index in [9.17, 15) is 4.79 Å². The molecule has 0 aliphatic heterocycles. The van der Waals surface area contributed by atoms with Gasteiger partial charge in [-0.05, 0) is 23.8 Å². The van der Waals surface area contributed by atoms with E-state index in [1.54, 1.807) is 14.2 Å². The van der Waals surface area contributed by atoms with E-state index in [2.05, 4.69) is 5.32 Å². The van der Waals surface area contributed by atoms with Crippen molar-refractivity contribution in [2.45, 2.75) is 6.61 Å². The topological polar surface area (TPSA) is 56.8 Å². The van der Waals surface area contributed by atoms with Crippen LogP contribution in [0.4, 0.5) is 4.79 Å². The molecule has 0 aliphatic rings. The molecule has 1 amide bonds. The van der Waals surface area contributed by atoms with Crippen LogP contribution >= 0.6 is 0 Å². The fourth-order valence-electron chi connectivity index (χ4n) is 2.14. The molecule has 0 radical (unpaired) electrons. The smallest absolute Gasteiger partial charge is 0.407 e. The highest BCUT2D eigenvalue weighted by Crippen LogP contribution is 2.29. The summed E-state index contributed by atoms with van der Waals surface area (Å²) in [7, 11) is 3.20. The molecule has 2 rings (SSSR count). The maximum atomic E-state index is 11.7. The second-order valence-electron chi connectivity index (χ2n) is 4.92. The summed E-state index contributed by atoms with van der Waals surface area (Å²) in [5.74, 6) is 1.41. The highest BCUT2D eigenvalue weighted by molar-refractivity contribution is 5.68. The predicted octanol–water partition coefficient (Wildman–Crippen LogP) is 3.64. The van der Waals surface area contributed by atoms with Gasteiger partial charge in [-0.25, -0.2) is 4.79 Å². The standard InChI is InChI=1S/C19H21NO4/c1-22-17-11-6-12-18(23-2)16(17)10-7-13-20-19(21)24-14-15-8-4-3-5-9-15/h3-12H,13-14H2,1-2H3,(H,20,21). The minimum absolute atomic E-state index is 0.247. The first-order chi connectivity index (χ1) is 11.7. The van der Waals surface area contributed by atoms with Crippen LogP contribution in [0.2, 0.25) is 0 Å². The Balaban J connectivity index is 1.83. The maximum Gasteiger partial charge on any atom is 0.407 e. The van der Waals surface area contributed by atoms with Crippen molar-refractivity contribution in [2.75, 3.05) is 20.8 Å². The second-order valence-corrected chi connectivity index (χ2v) is 4.92. The number of ether oxygens (including phenoxy) is 3. The highest BCUT2D eigenvalue weighted by atomic mass is 16.5. The summed E-state index contributed by atoms with van der Waals surface area (Å²) in [6.07, 6.45) is 3.19. The Morgan fingerprint density at radius 3 is 2.29 bits per heavy atom. The third kappa shape index (κ3) is 5.05. The average molecular weight is 327 g/mol. The summed E-state index contributed by atoms with van der Waals surface area (Å²) in [5.41, 5.74) is 1.77. The van der Waals surface area contributed by atoms with Crippen LogP contribution in [0.25, 0.3) is 6.08 Å². The summed E-state index contributed by atoms with van der Waals surface area (Å²) in [5, 5.41) is 2.67. The minimum Gasteiger partial charge on any atom is -0.496 e. The van der Waals surface area contributed by atoms with Gasteiger partial charge in [-0.1, -0.05) is 42.5 Å². The first kappa shape index (κ1) is 17.4. The lowest BCUT2D eigenvalue weighted by atomic mass is 10.1. The van der Waals surface area contributed by atoms with E-state index >= 15 is 0 Å². The van der Waals surface area contributed by atoms with E-state index in [-0.39, 0.29) is 6.61 Å². The van der Waals surface area contributed by atoms with Crippen LogP contribution in [0.3, 0.4) is 0 Å². The monoisotopic (exact) mass is 327 g/mol. The molecule has 0 saturated carbocycles. The van der Waals surface area contributed by atoms with Gasteiger partial charge in [0.1, 0.15) is 18.1 Å². The zero-order chi connectivity index (χ0) is 17.2. The quantitative estimate of drug-likeness (QED) is 0.843. The van der Waals surface area contributed by atoms with Crippen LogP contribution in [0.1, 0.15) is 11.1 Å². The lowest BCUT2D eigenvalue weighted by molar-refractivity contribution is 0.141. The van der Waals surface area contributed by atoms with E-state index < -0.39 is 6.09 Å². The normalized spacial score (nSPS) is 10.4. The van der Waals surface area contributed by atoms with Gasteiger partial charge < -0.3 is 19.5 Å². The number of methoxy groups -OCH3 is 2. The first-order valence-electron chi connectivity index (χ1n) is 7.56. The fraction of sp³-hybridized carbons (Fsp3) is 0.211. The second kappa shape index (κ2) is 9.25. The predicted molar refractivity (Wildman–Crippen MR) is 93.2 cm³/mol. The summed E-state index contributed by atoms with van der Waals surface area (Å²) in [6, 6.07) is 15.1. The molecule has 0 unspecified atom stereocenters. The number of alkyl carbamates (subject to hydrolysis) is 1. The van der Waals surface area contributed by atoms with Crippen molar-refractivity contribution >= 4 is 12.2 Å². The maximum absolute atomic E-state index is 11.7. The molecule has 0 atom stereocenters. The van der Waals surface area contributed by atoms with Gasteiger partial charge >= 0.3 is 6.09 Å². The average Bonchev–Trinajstić information content (AvgIpc) is 2.64. The van der Waals surface area contributed by atoms with Crippen molar-refractivity contribution in [2.24, 2.45) is 0 Å². The van der Waals surface area contributed by atoms with Crippen molar-refractivity contribution in [3.05, 3.63) is 65.7 Å². The van der Waals surface area contributed by atoms with Crippen molar-refractivity contribution in [3.63, 3.8) is 0 Å². The summed E-state index contributed by atoms with van der Waals surface area (Å²) in [4.78, 5) is 11.7. The Morgan fingerprint density at radius 1 is 1.00 bits per heavy atom. The van der Waals surface area contributed by atoms with Crippen LogP contribution in [0.5, 0.6) is 11.5 Å². The molecule has 0 saturated heterocycles. The van der Waals surface area contributed by atoms with E-state index in [0.29, 0.717) is 18.0 Å². The first-order valence-corrected chi connectivity index (χ1v) is 7.56. The summed E-state index contributed by atoms with van der Waals surface area (Å²) < 4.78 is 15.8. The Kier molecular flexibility index (Phi) is 6.71. The van der Waals surface area contributed by atoms with E-state index in [1.165, 1.54) is 0 Å². The molecular weight excluding hydrogens is 306 g/mol. The van der Waals surface area contributed by atoms with E-state index in [0.717, 1.165) is 11.1 Å². The van der Waals surface area contributed by atoms with Crippen molar-refractivity contribution in [1.82, 2.24) is 5.32 Å². The molecule has 2 aromatic rings. The Bertz CT molecular complexity index is 661. The number of hydrogen-bond donors (Lipinski definition) is 1. The molecule has 2 aromatic carbocycles. The minimum atomic E-state index is -0.463. The number of hydrogen-bond acceptors (Lipinski definition) is 4. The molecule has 0 spiro atoms. The molecular formula is C19H21NO4. The van der Waals surface area contributed by atoms with Gasteiger partial charge in [-0.2, -0.15) is 0 Å². The van der Waals surface area contributed by atoms with Crippen LogP contribution in [0, 0.1) is 0 Å². The largest absolute Gasteiger partial charge is 0.496 e. The van der Waals surface area contributed by atoms with Gasteiger partial charge in [-0.15, -0.1) is 0 Å². The molecule has 0 bridgehead atoms. The lowest BCUT2D eigenvalue weighted by Crippen LogP contribution is -2.24. The van der Waals surface area contributed by atoms with Gasteiger partial charge in [0.15, 0.2) is 0 Å². The zero-order valence-electron chi connectivity index (χ0n) is 13.8. The molecule has 0 aliphatic carbocycles. The van der Waals surface area contributed by atoms with Crippen LogP contribution < -0.4 is 14.8 Å². The number of carbonyl (C=O) groups excluding carboxylic acids is 1. The number of carbonyl (C=O) groups is 1. The molecule has 5 nitrogen and oxygen atoms in total. The van der Waals surface area contributed by atoms with Crippen LogP contribution in [0.15, 0.2) is 54.6 Å². The number of rotatable bonds is 7.